The first-order valence-corrected chi connectivity index (χ1v) is 7.90. The van der Waals surface area contributed by atoms with E-state index in [0.29, 0.717) is 0 Å². The second-order valence-corrected chi connectivity index (χ2v) is 8.47. The van der Waals surface area contributed by atoms with E-state index in [1.807, 2.05) is 0 Å². The van der Waals surface area contributed by atoms with E-state index in [1.165, 1.54) is 9.75 Å². The van der Waals surface area contributed by atoms with Crippen LogP contribution in [0.1, 0.15) is 23.6 Å². The smallest absolute Gasteiger partial charge is 0.159 e. The summed E-state index contributed by atoms with van der Waals surface area (Å²) in [5, 5.41) is 2.33. The Balaban J connectivity index is 2.34. The summed E-state index contributed by atoms with van der Waals surface area (Å²) in [5.41, 5.74) is 0.00632. The summed E-state index contributed by atoms with van der Waals surface area (Å²) < 4.78 is 1.69. The molecule has 0 amide bonds. The predicted molar refractivity (Wildman–Crippen MR) is 75.3 cm³/mol. The minimum absolute atomic E-state index is 0.00632. The van der Waals surface area contributed by atoms with Gasteiger partial charge in [-0.25, -0.2) is 0 Å². The molecular formula is C9H8N2S5. The lowest BCUT2D eigenvalue weighted by molar-refractivity contribution is 0.628. The molecule has 0 radical (unpaired) electrons. The Morgan fingerprint density at radius 2 is 1.38 bits per heavy atom. The zero-order valence-corrected chi connectivity index (χ0v) is 12.6. The van der Waals surface area contributed by atoms with Gasteiger partial charge < -0.3 is 9.97 Å². The molecule has 1 aliphatic heterocycles. The first-order valence-electron chi connectivity index (χ1n) is 4.63. The third-order valence-corrected chi connectivity index (χ3v) is 6.97. The number of aromatic amines is 2. The van der Waals surface area contributed by atoms with Crippen molar-refractivity contribution in [2.75, 3.05) is 0 Å². The highest BCUT2D eigenvalue weighted by atomic mass is 32.2. The molecule has 0 saturated heterocycles. The van der Waals surface area contributed by atoms with Gasteiger partial charge in [0.25, 0.3) is 0 Å². The maximum absolute atomic E-state index is 5.22. The summed E-state index contributed by atoms with van der Waals surface area (Å²) >= 11 is 15.5. The first-order chi connectivity index (χ1) is 7.48. The molecule has 7 heteroatoms. The van der Waals surface area contributed by atoms with Crippen molar-refractivity contribution < 1.29 is 0 Å². The van der Waals surface area contributed by atoms with E-state index in [9.17, 15) is 0 Å². The zero-order chi connectivity index (χ0) is 11.5. The van der Waals surface area contributed by atoms with Crippen molar-refractivity contribution in [2.45, 2.75) is 29.3 Å². The van der Waals surface area contributed by atoms with Gasteiger partial charge in [0.05, 0.1) is 10.1 Å². The SMILES string of the molecule is CC1(C)c2sc(=S)[nH]c2Sc2[nH]c(=S)sc21. The summed E-state index contributed by atoms with van der Waals surface area (Å²) in [4.78, 5) is 9.14. The quantitative estimate of drug-likeness (QED) is 0.691. The number of H-pyrrole nitrogens is 2. The van der Waals surface area contributed by atoms with Crippen LogP contribution in [0, 0.1) is 7.91 Å². The number of hydrogen-bond donors (Lipinski definition) is 2. The van der Waals surface area contributed by atoms with Crippen LogP contribution in [-0.2, 0) is 5.41 Å². The molecule has 0 spiro atoms. The molecule has 3 rings (SSSR count). The fourth-order valence-electron chi connectivity index (χ4n) is 1.80. The maximum Gasteiger partial charge on any atom is 0.159 e. The normalized spacial score (nSPS) is 16.9. The van der Waals surface area contributed by atoms with Crippen molar-refractivity contribution in [2.24, 2.45) is 0 Å². The lowest BCUT2D eigenvalue weighted by Crippen LogP contribution is -2.20. The van der Waals surface area contributed by atoms with Gasteiger partial charge >= 0.3 is 0 Å². The van der Waals surface area contributed by atoms with Gasteiger partial charge in [-0.2, -0.15) is 0 Å². The van der Waals surface area contributed by atoms with E-state index in [0.717, 1.165) is 18.0 Å². The number of nitrogens with one attached hydrogen (secondary N) is 2. The van der Waals surface area contributed by atoms with Crippen LogP contribution in [0.5, 0.6) is 0 Å². The third kappa shape index (κ3) is 1.49. The average molecular weight is 305 g/mol. The van der Waals surface area contributed by atoms with Crippen molar-refractivity contribution in [1.82, 2.24) is 9.97 Å². The van der Waals surface area contributed by atoms with Gasteiger partial charge in [0.1, 0.15) is 0 Å². The summed E-state index contributed by atoms with van der Waals surface area (Å²) in [7, 11) is 0. The highest BCUT2D eigenvalue weighted by molar-refractivity contribution is 7.99. The first kappa shape index (κ1) is 11.2. The largest absolute Gasteiger partial charge is 0.332 e. The Bertz CT molecular complexity index is 612. The van der Waals surface area contributed by atoms with Crippen LogP contribution in [0.25, 0.3) is 0 Å². The van der Waals surface area contributed by atoms with Crippen LogP contribution in [-0.4, -0.2) is 9.97 Å². The Kier molecular flexibility index (Phi) is 2.46. The summed E-state index contributed by atoms with van der Waals surface area (Å²) in [6, 6.07) is 0. The van der Waals surface area contributed by atoms with Crippen LogP contribution in [0.4, 0.5) is 0 Å². The van der Waals surface area contributed by atoms with E-state index in [-0.39, 0.29) is 5.41 Å². The van der Waals surface area contributed by atoms with Crippen molar-refractivity contribution in [3.63, 3.8) is 0 Å². The van der Waals surface area contributed by atoms with Crippen LogP contribution in [0.15, 0.2) is 10.1 Å². The fourth-order valence-corrected chi connectivity index (χ4v) is 6.21. The molecule has 0 aromatic carbocycles. The van der Waals surface area contributed by atoms with Gasteiger partial charge in [-0.1, -0.05) is 11.8 Å². The van der Waals surface area contributed by atoms with Gasteiger partial charge in [-0.3, -0.25) is 0 Å². The molecule has 2 aromatic heterocycles. The molecule has 2 N–H and O–H groups in total. The zero-order valence-electron chi connectivity index (χ0n) is 8.54. The number of thiazole rings is 2. The summed E-state index contributed by atoms with van der Waals surface area (Å²) in [6.07, 6.45) is 0. The van der Waals surface area contributed by atoms with Crippen molar-refractivity contribution in [1.29, 1.82) is 0 Å². The van der Waals surface area contributed by atoms with Crippen LogP contribution >= 0.6 is 58.9 Å². The Labute approximate surface area is 115 Å². The van der Waals surface area contributed by atoms with Gasteiger partial charge in [0.15, 0.2) is 7.91 Å². The summed E-state index contributed by atoms with van der Waals surface area (Å²) in [6.45, 7) is 4.45. The average Bonchev–Trinajstić information content (AvgIpc) is 2.70. The number of fused-ring (bicyclic) bond motifs is 2. The van der Waals surface area contributed by atoms with Crippen molar-refractivity contribution >= 4 is 58.9 Å². The molecule has 16 heavy (non-hydrogen) atoms. The minimum atomic E-state index is 0.00632. The van der Waals surface area contributed by atoms with Crippen LogP contribution in [0.3, 0.4) is 0 Å². The molecular weight excluding hydrogens is 296 g/mol. The van der Waals surface area contributed by atoms with Gasteiger partial charge in [-0.15, -0.1) is 22.7 Å². The molecule has 0 atom stereocenters. The second-order valence-electron chi connectivity index (χ2n) is 4.07. The van der Waals surface area contributed by atoms with E-state index < -0.39 is 0 Å². The molecule has 0 unspecified atom stereocenters. The molecule has 0 aliphatic carbocycles. The molecule has 2 aromatic rings. The molecule has 0 bridgehead atoms. The maximum atomic E-state index is 5.22. The molecule has 84 valence electrons. The van der Waals surface area contributed by atoms with E-state index in [4.69, 9.17) is 24.4 Å². The highest BCUT2D eigenvalue weighted by Gasteiger charge is 2.37. The van der Waals surface area contributed by atoms with Crippen molar-refractivity contribution in [3.05, 3.63) is 17.7 Å². The highest BCUT2D eigenvalue weighted by Crippen LogP contribution is 2.51. The number of hydrogen-bond acceptors (Lipinski definition) is 5. The Morgan fingerprint density at radius 1 is 0.938 bits per heavy atom. The molecule has 2 nitrogen and oxygen atoms in total. The Morgan fingerprint density at radius 3 is 1.81 bits per heavy atom. The molecule has 3 heterocycles. The van der Waals surface area contributed by atoms with Gasteiger partial charge in [-0.05, 0) is 38.3 Å². The number of rotatable bonds is 0. The van der Waals surface area contributed by atoms with Gasteiger partial charge in [0.2, 0.25) is 0 Å². The van der Waals surface area contributed by atoms with Crippen LogP contribution in [0.2, 0.25) is 0 Å². The standard InChI is InChI=1S/C9H8N2S5/c1-9(2)3-5(10-7(12)14-3)16-6-4(9)15-8(13)11-6/h1-2H3,(H,10,12)(H,11,13). The van der Waals surface area contributed by atoms with Crippen LogP contribution < -0.4 is 0 Å². The lowest BCUT2D eigenvalue weighted by Gasteiger charge is -2.27. The summed E-state index contributed by atoms with van der Waals surface area (Å²) in [5.74, 6) is 0. The predicted octanol–water partition coefficient (Wildman–Crippen LogP) is 4.72. The van der Waals surface area contributed by atoms with E-state index >= 15 is 0 Å². The number of aromatic nitrogens is 2. The van der Waals surface area contributed by atoms with E-state index in [2.05, 4.69) is 23.8 Å². The van der Waals surface area contributed by atoms with Gasteiger partial charge in [0, 0.05) is 15.2 Å². The molecule has 0 fully saturated rings. The fraction of sp³-hybridized carbons (Fsp3) is 0.333. The topological polar surface area (TPSA) is 31.6 Å². The van der Waals surface area contributed by atoms with E-state index in [1.54, 1.807) is 34.4 Å². The third-order valence-electron chi connectivity index (χ3n) is 2.57. The molecule has 1 aliphatic rings. The van der Waals surface area contributed by atoms with Crippen molar-refractivity contribution in [3.8, 4) is 0 Å². The second kappa shape index (κ2) is 3.52. The Hall–Kier alpha value is 0.0500. The minimum Gasteiger partial charge on any atom is -0.332 e. The molecule has 0 saturated carbocycles. The lowest BCUT2D eigenvalue weighted by atomic mass is 9.90. The monoisotopic (exact) mass is 304 g/mol.